The van der Waals surface area contributed by atoms with Gasteiger partial charge in [-0.15, -0.1) is 0 Å². The van der Waals surface area contributed by atoms with E-state index in [0.717, 1.165) is 25.5 Å². The first kappa shape index (κ1) is 8.96. The van der Waals surface area contributed by atoms with Gasteiger partial charge in [0.25, 0.3) is 0 Å². The summed E-state index contributed by atoms with van der Waals surface area (Å²) in [6.45, 7) is 0.468. The van der Waals surface area contributed by atoms with Gasteiger partial charge in [-0.1, -0.05) is 0 Å². The number of rotatable bonds is 4. The monoisotopic (exact) mass is 178 g/mol. The van der Waals surface area contributed by atoms with Crippen LogP contribution >= 0.6 is 0 Å². The molecule has 1 aliphatic carbocycles. The molecule has 11 heavy (non-hydrogen) atoms. The van der Waals surface area contributed by atoms with Crippen LogP contribution in [0.4, 0.5) is 0 Å². The van der Waals surface area contributed by atoms with Gasteiger partial charge in [-0.3, -0.25) is 0 Å². The molecule has 0 heterocycles. The van der Waals surface area contributed by atoms with Gasteiger partial charge in [0, 0.05) is 12.1 Å². The molecule has 0 saturated heterocycles. The highest BCUT2D eigenvalue weighted by atomic mass is 32.2. The van der Waals surface area contributed by atoms with E-state index >= 15 is 0 Å². The van der Waals surface area contributed by atoms with Crippen molar-refractivity contribution in [1.29, 1.82) is 0 Å². The average Bonchev–Trinajstić information content (AvgIpc) is 2.44. The molecule has 0 unspecified atom stereocenters. The normalized spacial score (nSPS) is 21.6. The Kier molecular flexibility index (Phi) is 2.22. The Morgan fingerprint density at radius 1 is 1.55 bits per heavy atom. The third-order valence-electron chi connectivity index (χ3n) is 1.88. The fourth-order valence-electron chi connectivity index (χ4n) is 0.896. The molecule has 0 aliphatic heterocycles. The van der Waals surface area contributed by atoms with Crippen LogP contribution in [0.3, 0.4) is 0 Å². The molecule has 0 aromatic heterocycles. The molecule has 0 aromatic carbocycles. The number of sulfonamides is 1. The van der Waals surface area contributed by atoms with Gasteiger partial charge in [0.2, 0.25) is 10.0 Å². The molecule has 5 heteroatoms. The molecule has 1 saturated carbocycles. The number of hydrogen-bond acceptors (Lipinski definition) is 3. The van der Waals surface area contributed by atoms with Crippen LogP contribution in [-0.4, -0.2) is 26.8 Å². The fourth-order valence-corrected chi connectivity index (χ4v) is 1.37. The number of hydrogen-bond donors (Lipinski definition) is 2. The molecule has 66 valence electrons. The number of nitrogens with two attached hydrogens (primary N) is 1. The third kappa shape index (κ3) is 3.69. The largest absolute Gasteiger partial charge is 0.325 e. The predicted molar refractivity (Wildman–Crippen MR) is 43.6 cm³/mol. The second kappa shape index (κ2) is 2.73. The van der Waals surface area contributed by atoms with Crippen molar-refractivity contribution in [3.63, 3.8) is 0 Å². The van der Waals surface area contributed by atoms with Crippen molar-refractivity contribution in [1.82, 2.24) is 4.72 Å². The quantitative estimate of drug-likeness (QED) is 0.605. The van der Waals surface area contributed by atoms with Crippen molar-refractivity contribution < 1.29 is 8.42 Å². The summed E-state index contributed by atoms with van der Waals surface area (Å²) in [5.41, 5.74) is 5.68. The van der Waals surface area contributed by atoms with Gasteiger partial charge in [0.15, 0.2) is 0 Å². The SMILES string of the molecule is CS(=O)(=O)NCCC1(N)CC1. The first-order chi connectivity index (χ1) is 4.91. The number of nitrogens with one attached hydrogen (secondary N) is 1. The smallest absolute Gasteiger partial charge is 0.208 e. The maximum absolute atomic E-state index is 10.6. The standard InChI is InChI=1S/C6H14N2O2S/c1-11(9,10)8-5-4-6(7)2-3-6/h8H,2-5,7H2,1H3. The Balaban J connectivity index is 2.15. The Hall–Kier alpha value is -0.130. The van der Waals surface area contributed by atoms with E-state index < -0.39 is 10.0 Å². The van der Waals surface area contributed by atoms with Gasteiger partial charge in [-0.2, -0.15) is 0 Å². The summed E-state index contributed by atoms with van der Waals surface area (Å²) >= 11 is 0. The molecule has 1 aliphatic rings. The lowest BCUT2D eigenvalue weighted by Gasteiger charge is -2.07. The van der Waals surface area contributed by atoms with E-state index in [1.165, 1.54) is 0 Å². The lowest BCUT2D eigenvalue weighted by atomic mass is 10.2. The van der Waals surface area contributed by atoms with E-state index in [4.69, 9.17) is 5.73 Å². The van der Waals surface area contributed by atoms with Crippen LogP contribution in [0.5, 0.6) is 0 Å². The Morgan fingerprint density at radius 3 is 2.45 bits per heavy atom. The van der Waals surface area contributed by atoms with Crippen LogP contribution in [0.2, 0.25) is 0 Å². The summed E-state index contributed by atoms with van der Waals surface area (Å²) in [5, 5.41) is 0. The van der Waals surface area contributed by atoms with Crippen molar-refractivity contribution in [3.05, 3.63) is 0 Å². The van der Waals surface area contributed by atoms with Crippen LogP contribution in [0.25, 0.3) is 0 Å². The lowest BCUT2D eigenvalue weighted by Crippen LogP contribution is -2.30. The van der Waals surface area contributed by atoms with Crippen LogP contribution in [0.15, 0.2) is 0 Å². The van der Waals surface area contributed by atoms with Gasteiger partial charge < -0.3 is 5.73 Å². The Labute approximate surface area is 67.2 Å². The molecular formula is C6H14N2O2S. The van der Waals surface area contributed by atoms with E-state index in [9.17, 15) is 8.42 Å². The summed E-state index contributed by atoms with van der Waals surface area (Å²) in [6, 6.07) is 0. The van der Waals surface area contributed by atoms with Crippen LogP contribution < -0.4 is 10.5 Å². The van der Waals surface area contributed by atoms with Gasteiger partial charge in [-0.05, 0) is 19.3 Å². The minimum atomic E-state index is -3.02. The highest BCUT2D eigenvalue weighted by Crippen LogP contribution is 2.34. The molecule has 0 amide bonds. The van der Waals surface area contributed by atoms with Gasteiger partial charge in [0.05, 0.1) is 6.26 Å². The van der Waals surface area contributed by atoms with E-state index in [-0.39, 0.29) is 5.54 Å². The maximum Gasteiger partial charge on any atom is 0.208 e. The molecule has 0 spiro atoms. The average molecular weight is 178 g/mol. The first-order valence-electron chi connectivity index (χ1n) is 3.65. The second-order valence-corrected chi connectivity index (χ2v) is 5.11. The van der Waals surface area contributed by atoms with Crippen LogP contribution in [-0.2, 0) is 10.0 Å². The zero-order valence-electron chi connectivity index (χ0n) is 6.63. The molecule has 3 N–H and O–H groups in total. The fraction of sp³-hybridized carbons (Fsp3) is 1.00. The van der Waals surface area contributed by atoms with E-state index in [1.807, 2.05) is 0 Å². The molecule has 0 bridgehead atoms. The van der Waals surface area contributed by atoms with Crippen molar-refractivity contribution in [3.8, 4) is 0 Å². The summed E-state index contributed by atoms with van der Waals surface area (Å²) in [5.74, 6) is 0. The van der Waals surface area contributed by atoms with Gasteiger partial charge >= 0.3 is 0 Å². The van der Waals surface area contributed by atoms with E-state index in [1.54, 1.807) is 0 Å². The summed E-state index contributed by atoms with van der Waals surface area (Å²) in [4.78, 5) is 0. The van der Waals surface area contributed by atoms with Crippen molar-refractivity contribution in [2.45, 2.75) is 24.8 Å². The van der Waals surface area contributed by atoms with Crippen molar-refractivity contribution >= 4 is 10.0 Å². The van der Waals surface area contributed by atoms with E-state index in [0.29, 0.717) is 6.54 Å². The topological polar surface area (TPSA) is 72.2 Å². The lowest BCUT2D eigenvalue weighted by molar-refractivity contribution is 0.565. The van der Waals surface area contributed by atoms with Crippen molar-refractivity contribution in [2.75, 3.05) is 12.8 Å². The molecule has 0 radical (unpaired) electrons. The summed E-state index contributed by atoms with van der Waals surface area (Å²) in [7, 11) is -3.02. The minimum Gasteiger partial charge on any atom is -0.325 e. The first-order valence-corrected chi connectivity index (χ1v) is 5.54. The zero-order chi connectivity index (χ0) is 8.54. The summed E-state index contributed by atoms with van der Waals surface area (Å²) in [6.07, 6.45) is 3.96. The molecule has 1 rings (SSSR count). The zero-order valence-corrected chi connectivity index (χ0v) is 7.45. The third-order valence-corrected chi connectivity index (χ3v) is 2.61. The predicted octanol–water partition coefficient (Wildman–Crippen LogP) is -0.583. The molecule has 0 atom stereocenters. The highest BCUT2D eigenvalue weighted by molar-refractivity contribution is 7.88. The Morgan fingerprint density at radius 2 is 2.09 bits per heavy atom. The minimum absolute atomic E-state index is 0.0578. The molecule has 4 nitrogen and oxygen atoms in total. The highest BCUT2D eigenvalue weighted by Gasteiger charge is 2.37. The van der Waals surface area contributed by atoms with Crippen LogP contribution in [0, 0.1) is 0 Å². The second-order valence-electron chi connectivity index (χ2n) is 3.28. The molecule has 1 fully saturated rings. The van der Waals surface area contributed by atoms with Crippen LogP contribution in [0.1, 0.15) is 19.3 Å². The molecular weight excluding hydrogens is 164 g/mol. The Bertz CT molecular complexity index is 231. The van der Waals surface area contributed by atoms with Gasteiger partial charge in [-0.25, -0.2) is 13.1 Å². The molecule has 0 aromatic rings. The maximum atomic E-state index is 10.6. The van der Waals surface area contributed by atoms with E-state index in [2.05, 4.69) is 4.72 Å². The van der Waals surface area contributed by atoms with Gasteiger partial charge in [0.1, 0.15) is 0 Å². The summed E-state index contributed by atoms with van der Waals surface area (Å²) < 4.78 is 23.6. The van der Waals surface area contributed by atoms with Crippen molar-refractivity contribution in [2.24, 2.45) is 5.73 Å².